The molecule has 0 aliphatic carbocycles. The van der Waals surface area contributed by atoms with Gasteiger partial charge in [0.25, 0.3) is 0 Å². The van der Waals surface area contributed by atoms with E-state index in [-0.39, 0.29) is 11.7 Å². The molecule has 1 aromatic rings. The number of hydrogen-bond donors (Lipinski definition) is 1. The fourth-order valence-electron chi connectivity index (χ4n) is 1.74. The van der Waals surface area contributed by atoms with E-state index in [1.54, 1.807) is 0 Å². The van der Waals surface area contributed by atoms with E-state index in [2.05, 4.69) is 21.2 Å². The third-order valence-corrected chi connectivity index (χ3v) is 3.55. The molecule has 0 radical (unpaired) electrons. The summed E-state index contributed by atoms with van der Waals surface area (Å²) in [5.74, 6) is -1.90. The number of benzene rings is 1. The molecule has 2 unspecified atom stereocenters. The minimum atomic E-state index is -0.656. The van der Waals surface area contributed by atoms with Gasteiger partial charge in [0.1, 0.15) is 4.83 Å². The Labute approximate surface area is 105 Å². The molecule has 6 heteroatoms. The van der Waals surface area contributed by atoms with Crippen molar-refractivity contribution in [2.24, 2.45) is 0 Å². The largest absolute Gasteiger partial charge is 0.494 e. The number of hydrogen-bond acceptors (Lipinski definition) is 3. The lowest BCUT2D eigenvalue weighted by Gasteiger charge is -2.11. The Morgan fingerprint density at radius 3 is 2.59 bits per heavy atom. The summed E-state index contributed by atoms with van der Waals surface area (Å²) >= 11 is 3.14. The fraction of sp³-hybridized carbons (Fsp3) is 0.273. The zero-order valence-corrected chi connectivity index (χ0v) is 10.5. The molecule has 2 rings (SSSR count). The maximum atomic E-state index is 13.2. The van der Waals surface area contributed by atoms with E-state index < -0.39 is 22.5 Å². The molecule has 1 heterocycles. The first kappa shape index (κ1) is 12.0. The number of alkyl halides is 1. The van der Waals surface area contributed by atoms with Crippen molar-refractivity contribution >= 4 is 27.7 Å². The van der Waals surface area contributed by atoms with Gasteiger partial charge in [-0.05, 0) is 17.7 Å². The second-order valence-corrected chi connectivity index (χ2v) is 4.61. The quantitative estimate of drug-likeness (QED) is 0.662. The van der Waals surface area contributed by atoms with Crippen LogP contribution < -0.4 is 10.1 Å². The molecule has 17 heavy (non-hydrogen) atoms. The molecule has 1 aliphatic rings. The predicted molar refractivity (Wildman–Crippen MR) is 61.6 cm³/mol. The highest BCUT2D eigenvalue weighted by atomic mass is 79.9. The van der Waals surface area contributed by atoms with Crippen LogP contribution in [0.15, 0.2) is 18.2 Å². The molecular weight excluding hydrogens is 293 g/mol. The lowest BCUT2D eigenvalue weighted by Crippen LogP contribution is -2.22. The summed E-state index contributed by atoms with van der Waals surface area (Å²) in [5, 5.41) is 2.21. The van der Waals surface area contributed by atoms with Crippen LogP contribution in [-0.4, -0.2) is 23.8 Å². The van der Waals surface area contributed by atoms with Crippen LogP contribution in [0.3, 0.4) is 0 Å². The second-order valence-electron chi connectivity index (χ2n) is 3.63. The van der Waals surface area contributed by atoms with Crippen LogP contribution in [0.25, 0.3) is 0 Å². The number of nitrogens with one attached hydrogen (secondary N) is 1. The zero-order chi connectivity index (χ0) is 12.6. The van der Waals surface area contributed by atoms with Gasteiger partial charge >= 0.3 is 0 Å². The van der Waals surface area contributed by atoms with Crippen molar-refractivity contribution in [1.82, 2.24) is 5.32 Å². The molecule has 4 nitrogen and oxygen atoms in total. The fourth-order valence-corrected chi connectivity index (χ4v) is 2.40. The van der Waals surface area contributed by atoms with Gasteiger partial charge in [-0.2, -0.15) is 0 Å². The number of carbonyl (C=O) groups is 2. The third-order valence-electron chi connectivity index (χ3n) is 2.61. The zero-order valence-electron chi connectivity index (χ0n) is 8.87. The Balaban J connectivity index is 2.40. The second kappa shape index (κ2) is 4.44. The highest BCUT2D eigenvalue weighted by Gasteiger charge is 2.41. The van der Waals surface area contributed by atoms with Gasteiger partial charge in [-0.25, -0.2) is 4.39 Å². The van der Waals surface area contributed by atoms with E-state index in [0.29, 0.717) is 5.56 Å². The summed E-state index contributed by atoms with van der Waals surface area (Å²) in [6.07, 6.45) is 0. The molecule has 1 N–H and O–H groups in total. The van der Waals surface area contributed by atoms with Gasteiger partial charge in [-0.1, -0.05) is 22.0 Å². The number of rotatable bonds is 2. The molecule has 0 spiro atoms. The van der Waals surface area contributed by atoms with Crippen LogP contribution in [0.4, 0.5) is 4.39 Å². The standard InChI is InChI=1S/C11H9BrFNO3/c1-17-7-4-5(2-3-6(7)13)8-9(12)11(16)14-10(8)15/h2-4,8-9H,1H3,(H,14,15,16). The molecule has 0 aromatic heterocycles. The van der Waals surface area contributed by atoms with Crippen molar-refractivity contribution in [3.63, 3.8) is 0 Å². The average Bonchev–Trinajstić information content (AvgIpc) is 2.55. The number of imide groups is 1. The van der Waals surface area contributed by atoms with E-state index in [0.717, 1.165) is 0 Å². The van der Waals surface area contributed by atoms with Crippen LogP contribution in [0.2, 0.25) is 0 Å². The van der Waals surface area contributed by atoms with Crippen LogP contribution in [-0.2, 0) is 9.59 Å². The van der Waals surface area contributed by atoms with Crippen molar-refractivity contribution in [3.05, 3.63) is 29.6 Å². The lowest BCUT2D eigenvalue weighted by molar-refractivity contribution is -0.125. The molecule has 1 saturated heterocycles. The van der Waals surface area contributed by atoms with Crippen molar-refractivity contribution in [3.8, 4) is 5.75 Å². The number of ether oxygens (including phenoxy) is 1. The lowest BCUT2D eigenvalue weighted by atomic mass is 9.97. The predicted octanol–water partition coefficient (Wildman–Crippen LogP) is 1.34. The van der Waals surface area contributed by atoms with Gasteiger partial charge in [-0.15, -0.1) is 0 Å². The maximum Gasteiger partial charge on any atom is 0.241 e. The third kappa shape index (κ3) is 2.04. The Hall–Kier alpha value is -1.43. The van der Waals surface area contributed by atoms with Crippen LogP contribution in [0.5, 0.6) is 5.75 Å². The van der Waals surface area contributed by atoms with Crippen molar-refractivity contribution in [2.45, 2.75) is 10.7 Å². The van der Waals surface area contributed by atoms with E-state index >= 15 is 0 Å². The van der Waals surface area contributed by atoms with Gasteiger partial charge in [0.2, 0.25) is 11.8 Å². The van der Waals surface area contributed by atoms with Crippen LogP contribution in [0, 0.1) is 5.82 Å². The molecule has 1 aliphatic heterocycles. The molecular formula is C11H9BrFNO3. The smallest absolute Gasteiger partial charge is 0.241 e. The molecule has 0 bridgehead atoms. The first-order valence-corrected chi connectivity index (χ1v) is 5.78. The molecule has 2 amide bonds. The monoisotopic (exact) mass is 301 g/mol. The van der Waals surface area contributed by atoms with Gasteiger partial charge in [0.15, 0.2) is 11.6 Å². The highest BCUT2D eigenvalue weighted by Crippen LogP contribution is 2.32. The van der Waals surface area contributed by atoms with E-state index in [1.165, 1.54) is 25.3 Å². The van der Waals surface area contributed by atoms with Crippen molar-refractivity contribution in [1.29, 1.82) is 0 Å². The molecule has 2 atom stereocenters. The Morgan fingerprint density at radius 2 is 2.06 bits per heavy atom. The average molecular weight is 302 g/mol. The Morgan fingerprint density at radius 1 is 1.35 bits per heavy atom. The van der Waals surface area contributed by atoms with Gasteiger partial charge in [0.05, 0.1) is 13.0 Å². The normalized spacial score (nSPS) is 23.7. The number of carbonyl (C=O) groups excluding carboxylic acids is 2. The van der Waals surface area contributed by atoms with Crippen molar-refractivity contribution in [2.75, 3.05) is 7.11 Å². The number of halogens is 2. The Bertz CT molecular complexity index is 492. The van der Waals surface area contributed by atoms with E-state index in [4.69, 9.17) is 4.74 Å². The number of methoxy groups -OCH3 is 1. The molecule has 90 valence electrons. The van der Waals surface area contributed by atoms with Gasteiger partial charge < -0.3 is 4.74 Å². The van der Waals surface area contributed by atoms with E-state index in [1.807, 2.05) is 0 Å². The summed E-state index contributed by atoms with van der Waals surface area (Å²) in [6.45, 7) is 0. The van der Waals surface area contributed by atoms with Gasteiger partial charge in [-0.3, -0.25) is 14.9 Å². The Kier molecular flexibility index (Phi) is 3.15. The van der Waals surface area contributed by atoms with Gasteiger partial charge in [0, 0.05) is 0 Å². The molecule has 1 fully saturated rings. The summed E-state index contributed by atoms with van der Waals surface area (Å²) < 4.78 is 18.1. The van der Waals surface area contributed by atoms with Crippen molar-refractivity contribution < 1.29 is 18.7 Å². The minimum absolute atomic E-state index is 0.0503. The SMILES string of the molecule is COc1cc(C2C(=O)NC(=O)C2Br)ccc1F. The summed E-state index contributed by atoms with van der Waals surface area (Å²) in [4.78, 5) is 22.3. The number of amides is 2. The first-order valence-electron chi connectivity index (χ1n) is 4.87. The van der Waals surface area contributed by atoms with E-state index in [9.17, 15) is 14.0 Å². The maximum absolute atomic E-state index is 13.2. The summed E-state index contributed by atoms with van der Waals surface area (Å²) in [7, 11) is 1.34. The molecule has 0 saturated carbocycles. The first-order chi connectivity index (χ1) is 8.04. The van der Waals surface area contributed by atoms with Crippen LogP contribution >= 0.6 is 15.9 Å². The summed E-state index contributed by atoms with van der Waals surface area (Å²) in [6, 6.07) is 4.10. The molecule has 1 aromatic carbocycles. The minimum Gasteiger partial charge on any atom is -0.494 e. The van der Waals surface area contributed by atoms with Crippen LogP contribution in [0.1, 0.15) is 11.5 Å². The topological polar surface area (TPSA) is 55.4 Å². The highest BCUT2D eigenvalue weighted by molar-refractivity contribution is 9.10. The summed E-state index contributed by atoms with van der Waals surface area (Å²) in [5.41, 5.74) is 0.536.